The second kappa shape index (κ2) is 4.81. The van der Waals surface area contributed by atoms with Crippen LogP contribution < -0.4 is 4.90 Å². The summed E-state index contributed by atoms with van der Waals surface area (Å²) in [7, 11) is 0. The molecule has 1 unspecified atom stereocenters. The fourth-order valence-corrected chi connectivity index (χ4v) is 2.11. The minimum Gasteiger partial charge on any atom is -0.479 e. The average Bonchev–Trinajstić information content (AvgIpc) is 2.47. The van der Waals surface area contributed by atoms with Crippen LogP contribution in [-0.4, -0.2) is 46.8 Å². The molecule has 3 rings (SSSR count). The summed E-state index contributed by atoms with van der Waals surface area (Å²) < 4.78 is 5.19. The van der Waals surface area contributed by atoms with E-state index in [4.69, 9.17) is 9.84 Å². The van der Waals surface area contributed by atoms with Gasteiger partial charge in [-0.2, -0.15) is 0 Å². The van der Waals surface area contributed by atoms with Gasteiger partial charge in [0.1, 0.15) is 5.82 Å². The number of aliphatic carboxylic acids is 1. The van der Waals surface area contributed by atoms with Crippen LogP contribution in [-0.2, 0) is 9.53 Å². The molecule has 0 saturated carbocycles. The molecule has 0 spiro atoms. The molecule has 6 heteroatoms. The van der Waals surface area contributed by atoms with E-state index in [9.17, 15) is 4.79 Å². The van der Waals surface area contributed by atoms with Gasteiger partial charge in [-0.05, 0) is 12.1 Å². The number of carbonyl (C=O) groups is 1. The number of carboxylic acid groups (broad SMARTS) is 1. The lowest BCUT2D eigenvalue weighted by Gasteiger charge is -2.31. The Morgan fingerprint density at radius 2 is 2.16 bits per heavy atom. The number of hydrogen-bond donors (Lipinski definition) is 1. The molecule has 0 aliphatic carbocycles. The molecular weight excluding hydrogens is 246 g/mol. The number of nitrogens with zero attached hydrogens (tertiary/aromatic N) is 3. The molecule has 2 aromatic rings. The number of anilines is 1. The fourth-order valence-electron chi connectivity index (χ4n) is 2.11. The van der Waals surface area contributed by atoms with Crippen LogP contribution >= 0.6 is 0 Å². The highest BCUT2D eigenvalue weighted by Gasteiger charge is 2.27. The lowest BCUT2D eigenvalue weighted by atomic mass is 10.2. The van der Waals surface area contributed by atoms with Crippen LogP contribution in [0.4, 0.5) is 5.82 Å². The number of para-hydroxylation sites is 2. The molecule has 98 valence electrons. The van der Waals surface area contributed by atoms with E-state index in [1.54, 1.807) is 6.20 Å². The van der Waals surface area contributed by atoms with Crippen molar-refractivity contribution in [2.24, 2.45) is 0 Å². The first-order chi connectivity index (χ1) is 9.24. The summed E-state index contributed by atoms with van der Waals surface area (Å²) in [6.07, 6.45) is 0.869. The highest BCUT2D eigenvalue weighted by molar-refractivity contribution is 5.76. The zero-order valence-electron chi connectivity index (χ0n) is 10.2. The van der Waals surface area contributed by atoms with Crippen molar-refractivity contribution in [1.82, 2.24) is 9.97 Å². The minimum absolute atomic E-state index is 0.294. The van der Waals surface area contributed by atoms with Gasteiger partial charge in [0.2, 0.25) is 0 Å². The highest BCUT2D eigenvalue weighted by atomic mass is 16.5. The molecule has 6 nitrogen and oxygen atoms in total. The van der Waals surface area contributed by atoms with Crippen molar-refractivity contribution in [3.05, 3.63) is 30.5 Å². The highest BCUT2D eigenvalue weighted by Crippen LogP contribution is 2.17. The molecule has 1 aromatic carbocycles. The third-order valence-corrected chi connectivity index (χ3v) is 3.10. The van der Waals surface area contributed by atoms with Gasteiger partial charge in [0.05, 0.1) is 30.4 Å². The number of fused-ring (bicyclic) bond motifs is 1. The Bertz CT molecular complexity index is 617. The minimum atomic E-state index is -0.946. The zero-order valence-corrected chi connectivity index (χ0v) is 10.2. The molecular formula is C13H13N3O3. The predicted molar refractivity (Wildman–Crippen MR) is 69.1 cm³/mol. The summed E-state index contributed by atoms with van der Waals surface area (Å²) in [6.45, 7) is 1.30. The second-order valence-electron chi connectivity index (χ2n) is 4.36. The van der Waals surface area contributed by atoms with Gasteiger partial charge in [0, 0.05) is 6.54 Å². The number of carboxylic acids is 1. The Labute approximate surface area is 109 Å². The largest absolute Gasteiger partial charge is 0.479 e. The van der Waals surface area contributed by atoms with Crippen LogP contribution in [0.25, 0.3) is 11.0 Å². The first-order valence-electron chi connectivity index (χ1n) is 6.05. The van der Waals surface area contributed by atoms with Gasteiger partial charge < -0.3 is 14.7 Å². The van der Waals surface area contributed by atoms with E-state index >= 15 is 0 Å². The van der Waals surface area contributed by atoms with E-state index in [0.29, 0.717) is 25.5 Å². The van der Waals surface area contributed by atoms with Crippen molar-refractivity contribution in [3.63, 3.8) is 0 Å². The number of ether oxygens (including phenoxy) is 1. The third kappa shape index (κ3) is 2.34. The van der Waals surface area contributed by atoms with E-state index in [1.807, 2.05) is 29.2 Å². The molecule has 1 atom stereocenters. The quantitative estimate of drug-likeness (QED) is 0.864. The van der Waals surface area contributed by atoms with Crippen molar-refractivity contribution < 1.29 is 14.6 Å². The first-order valence-corrected chi connectivity index (χ1v) is 6.05. The smallest absolute Gasteiger partial charge is 0.334 e. The summed E-state index contributed by atoms with van der Waals surface area (Å²) in [5.74, 6) is -0.258. The molecule has 19 heavy (non-hydrogen) atoms. The molecule has 0 radical (unpaired) electrons. The molecule has 0 bridgehead atoms. The van der Waals surface area contributed by atoms with Crippen molar-refractivity contribution >= 4 is 22.8 Å². The Morgan fingerprint density at radius 1 is 1.37 bits per heavy atom. The summed E-state index contributed by atoms with van der Waals surface area (Å²) in [5, 5.41) is 8.99. The Kier molecular flexibility index (Phi) is 3.00. The molecule has 1 aromatic heterocycles. The van der Waals surface area contributed by atoms with E-state index in [2.05, 4.69) is 9.97 Å². The summed E-state index contributed by atoms with van der Waals surface area (Å²) in [6, 6.07) is 7.60. The van der Waals surface area contributed by atoms with Gasteiger partial charge in [0.15, 0.2) is 6.10 Å². The van der Waals surface area contributed by atoms with Gasteiger partial charge in [-0.25, -0.2) is 9.78 Å². The topological polar surface area (TPSA) is 75.5 Å². The maximum absolute atomic E-state index is 11.0. The molecule has 0 amide bonds. The van der Waals surface area contributed by atoms with Gasteiger partial charge >= 0.3 is 5.97 Å². The van der Waals surface area contributed by atoms with Crippen molar-refractivity contribution in [3.8, 4) is 0 Å². The Morgan fingerprint density at radius 3 is 2.95 bits per heavy atom. The van der Waals surface area contributed by atoms with Crippen molar-refractivity contribution in [2.75, 3.05) is 24.6 Å². The van der Waals surface area contributed by atoms with Crippen LogP contribution in [0.5, 0.6) is 0 Å². The maximum atomic E-state index is 11.0. The van der Waals surface area contributed by atoms with Gasteiger partial charge in [-0.1, -0.05) is 12.1 Å². The SMILES string of the molecule is O=C(O)C1CN(c2cnc3ccccc3n2)CCO1. The van der Waals surface area contributed by atoms with Gasteiger partial charge in [-0.15, -0.1) is 0 Å². The van der Waals surface area contributed by atoms with E-state index < -0.39 is 12.1 Å². The molecule has 1 aliphatic heterocycles. The zero-order chi connectivity index (χ0) is 13.2. The number of benzene rings is 1. The maximum Gasteiger partial charge on any atom is 0.334 e. The molecule has 1 N–H and O–H groups in total. The number of aromatic nitrogens is 2. The third-order valence-electron chi connectivity index (χ3n) is 3.10. The molecule has 1 aliphatic rings. The lowest BCUT2D eigenvalue weighted by Crippen LogP contribution is -2.46. The van der Waals surface area contributed by atoms with Crippen LogP contribution in [0.3, 0.4) is 0 Å². The Hall–Kier alpha value is -2.21. The molecule has 1 fully saturated rings. The molecule has 2 heterocycles. The van der Waals surface area contributed by atoms with Crippen LogP contribution in [0.2, 0.25) is 0 Å². The summed E-state index contributed by atoms with van der Waals surface area (Å²) >= 11 is 0. The fraction of sp³-hybridized carbons (Fsp3) is 0.308. The summed E-state index contributed by atoms with van der Waals surface area (Å²) in [4.78, 5) is 21.7. The van der Waals surface area contributed by atoms with Crippen molar-refractivity contribution in [1.29, 1.82) is 0 Å². The number of hydrogen-bond acceptors (Lipinski definition) is 5. The first kappa shape index (κ1) is 11.9. The Balaban J connectivity index is 1.89. The molecule has 1 saturated heterocycles. The lowest BCUT2D eigenvalue weighted by molar-refractivity contribution is -0.150. The van der Waals surface area contributed by atoms with Crippen LogP contribution in [0, 0.1) is 0 Å². The standard InChI is InChI=1S/C13H13N3O3/c17-13(18)11-8-16(5-6-19-11)12-7-14-9-3-1-2-4-10(9)15-12/h1-4,7,11H,5-6,8H2,(H,17,18). The monoisotopic (exact) mass is 259 g/mol. The number of rotatable bonds is 2. The second-order valence-corrected chi connectivity index (χ2v) is 4.36. The van der Waals surface area contributed by atoms with Crippen molar-refractivity contribution in [2.45, 2.75) is 6.10 Å². The van der Waals surface area contributed by atoms with Gasteiger partial charge in [0.25, 0.3) is 0 Å². The van der Waals surface area contributed by atoms with E-state index in [1.165, 1.54) is 0 Å². The summed E-state index contributed by atoms with van der Waals surface area (Å²) in [5.41, 5.74) is 1.63. The predicted octanol–water partition coefficient (Wildman–Crippen LogP) is 0.920. The normalized spacial score (nSPS) is 19.6. The van der Waals surface area contributed by atoms with Gasteiger partial charge in [-0.3, -0.25) is 4.98 Å². The van der Waals surface area contributed by atoms with E-state index in [0.717, 1.165) is 11.0 Å². The van der Waals surface area contributed by atoms with E-state index in [-0.39, 0.29) is 0 Å². The number of morpholine rings is 1. The van der Waals surface area contributed by atoms with Crippen LogP contribution in [0.1, 0.15) is 0 Å². The average molecular weight is 259 g/mol. The van der Waals surface area contributed by atoms with Crippen LogP contribution in [0.15, 0.2) is 30.5 Å².